The summed E-state index contributed by atoms with van der Waals surface area (Å²) in [5.41, 5.74) is 5.46. The maximum atomic E-state index is 12.8. The summed E-state index contributed by atoms with van der Waals surface area (Å²) in [7, 11) is 0. The van der Waals surface area contributed by atoms with Gasteiger partial charge in [0.15, 0.2) is 0 Å². The van der Waals surface area contributed by atoms with Crippen LogP contribution in [0.3, 0.4) is 0 Å². The Balaban J connectivity index is 1.99. The lowest BCUT2D eigenvalue weighted by atomic mass is 9.95. The van der Waals surface area contributed by atoms with Crippen molar-refractivity contribution < 1.29 is 14.3 Å². The smallest absolute Gasteiger partial charge is 0.242 e. The molecule has 0 aromatic carbocycles. The number of amides is 1. The molecule has 1 amide bonds. The zero-order chi connectivity index (χ0) is 15.3. The van der Waals surface area contributed by atoms with Crippen LogP contribution in [-0.2, 0) is 14.3 Å². The molecule has 0 saturated carbocycles. The van der Waals surface area contributed by atoms with E-state index in [1.807, 2.05) is 11.8 Å². The van der Waals surface area contributed by atoms with E-state index < -0.39 is 5.54 Å². The molecule has 0 aromatic heterocycles. The Morgan fingerprint density at radius 2 is 1.71 bits per heavy atom. The molecule has 0 bridgehead atoms. The first-order valence-electron chi connectivity index (χ1n) is 8.34. The highest BCUT2D eigenvalue weighted by Crippen LogP contribution is 2.20. The van der Waals surface area contributed by atoms with Gasteiger partial charge in [0, 0.05) is 26.3 Å². The van der Waals surface area contributed by atoms with Crippen molar-refractivity contribution in [3.05, 3.63) is 0 Å². The number of hydrogen-bond donors (Lipinski definition) is 1. The molecule has 0 radical (unpaired) electrons. The van der Waals surface area contributed by atoms with Crippen LogP contribution < -0.4 is 5.73 Å². The molecule has 2 rings (SSSR count). The molecule has 2 aliphatic heterocycles. The van der Waals surface area contributed by atoms with Gasteiger partial charge in [-0.2, -0.15) is 0 Å². The summed E-state index contributed by atoms with van der Waals surface area (Å²) in [6.45, 7) is 6.81. The van der Waals surface area contributed by atoms with Gasteiger partial charge in [0.1, 0.15) is 0 Å². The molecule has 0 aromatic rings. The first kappa shape index (κ1) is 16.7. The van der Waals surface area contributed by atoms with Crippen LogP contribution in [0.4, 0.5) is 0 Å². The second-order valence-electron chi connectivity index (χ2n) is 6.65. The molecule has 0 spiro atoms. The molecule has 2 N–H and O–H groups in total. The van der Waals surface area contributed by atoms with Crippen molar-refractivity contribution in [3.63, 3.8) is 0 Å². The van der Waals surface area contributed by atoms with Gasteiger partial charge in [0.25, 0.3) is 0 Å². The van der Waals surface area contributed by atoms with Crippen molar-refractivity contribution in [2.45, 2.75) is 70.1 Å². The topological polar surface area (TPSA) is 64.8 Å². The molecule has 2 saturated heterocycles. The Bertz CT molecular complexity index is 316. The number of carbonyl (C=O) groups is 1. The molecular weight excluding hydrogens is 268 g/mol. The van der Waals surface area contributed by atoms with Gasteiger partial charge in [-0.05, 0) is 39.0 Å². The summed E-state index contributed by atoms with van der Waals surface area (Å²) < 4.78 is 11.4. The molecule has 5 heteroatoms. The molecule has 2 fully saturated rings. The van der Waals surface area contributed by atoms with E-state index in [1.165, 1.54) is 0 Å². The molecule has 3 unspecified atom stereocenters. The third-order valence-corrected chi connectivity index (χ3v) is 4.44. The van der Waals surface area contributed by atoms with Crippen molar-refractivity contribution in [1.29, 1.82) is 0 Å². The van der Waals surface area contributed by atoms with Gasteiger partial charge in [-0.15, -0.1) is 0 Å². The van der Waals surface area contributed by atoms with Crippen molar-refractivity contribution in [1.82, 2.24) is 4.90 Å². The molecule has 2 heterocycles. The number of rotatable bonds is 7. The lowest BCUT2D eigenvalue weighted by Gasteiger charge is -2.34. The maximum absolute atomic E-state index is 12.8. The normalized spacial score (nSPS) is 28.5. The van der Waals surface area contributed by atoms with Gasteiger partial charge in [-0.1, -0.05) is 13.3 Å². The number of carbonyl (C=O) groups excluding carboxylic acids is 1. The van der Waals surface area contributed by atoms with Crippen LogP contribution in [-0.4, -0.2) is 54.9 Å². The van der Waals surface area contributed by atoms with Crippen LogP contribution in [0.5, 0.6) is 0 Å². The fourth-order valence-corrected chi connectivity index (χ4v) is 3.30. The predicted octanol–water partition coefficient (Wildman–Crippen LogP) is 1.69. The van der Waals surface area contributed by atoms with Crippen molar-refractivity contribution in [2.24, 2.45) is 5.73 Å². The first-order chi connectivity index (χ1) is 10.0. The predicted molar refractivity (Wildman–Crippen MR) is 82.0 cm³/mol. The lowest BCUT2D eigenvalue weighted by molar-refractivity contribution is -0.140. The average molecular weight is 298 g/mol. The lowest BCUT2D eigenvalue weighted by Crippen LogP contribution is -2.56. The quantitative estimate of drug-likeness (QED) is 0.777. The summed E-state index contributed by atoms with van der Waals surface area (Å²) in [6, 6.07) is 0. The minimum atomic E-state index is -0.786. The summed E-state index contributed by atoms with van der Waals surface area (Å²) >= 11 is 0. The molecule has 5 nitrogen and oxygen atoms in total. The van der Waals surface area contributed by atoms with Crippen LogP contribution in [0, 0.1) is 0 Å². The molecule has 3 atom stereocenters. The van der Waals surface area contributed by atoms with Crippen molar-refractivity contribution >= 4 is 5.91 Å². The van der Waals surface area contributed by atoms with E-state index >= 15 is 0 Å². The zero-order valence-electron chi connectivity index (χ0n) is 13.5. The molecule has 0 aliphatic carbocycles. The minimum Gasteiger partial charge on any atom is -0.376 e. The standard InChI is InChI=1S/C16H30N2O3/c1-3-8-16(2,17)15(19)18(11-13-6-4-9-20-13)12-14-7-5-10-21-14/h13-14H,3-12,17H2,1-2H3. The summed E-state index contributed by atoms with van der Waals surface area (Å²) in [4.78, 5) is 14.7. The third-order valence-electron chi connectivity index (χ3n) is 4.44. The van der Waals surface area contributed by atoms with E-state index in [1.54, 1.807) is 0 Å². The minimum absolute atomic E-state index is 0.0374. The Hall–Kier alpha value is -0.650. The second kappa shape index (κ2) is 7.56. The molecule has 21 heavy (non-hydrogen) atoms. The first-order valence-corrected chi connectivity index (χ1v) is 8.34. The Kier molecular flexibility index (Phi) is 6.02. The van der Waals surface area contributed by atoms with Gasteiger partial charge < -0.3 is 20.1 Å². The largest absolute Gasteiger partial charge is 0.376 e. The Labute approximate surface area is 128 Å². The zero-order valence-corrected chi connectivity index (χ0v) is 13.5. The van der Waals surface area contributed by atoms with Crippen LogP contribution in [0.15, 0.2) is 0 Å². The third kappa shape index (κ3) is 4.66. The maximum Gasteiger partial charge on any atom is 0.242 e. The summed E-state index contributed by atoms with van der Waals surface area (Å²) in [6.07, 6.45) is 6.17. The van der Waals surface area contributed by atoms with E-state index in [9.17, 15) is 4.79 Å². The summed E-state index contributed by atoms with van der Waals surface area (Å²) in [5.74, 6) is 0.0374. The Morgan fingerprint density at radius 1 is 1.19 bits per heavy atom. The molecule has 2 aliphatic rings. The van der Waals surface area contributed by atoms with Crippen molar-refractivity contribution in [3.8, 4) is 0 Å². The van der Waals surface area contributed by atoms with E-state index in [0.29, 0.717) is 19.5 Å². The van der Waals surface area contributed by atoms with E-state index in [0.717, 1.165) is 45.3 Å². The van der Waals surface area contributed by atoms with E-state index in [4.69, 9.17) is 15.2 Å². The second-order valence-corrected chi connectivity index (χ2v) is 6.65. The number of nitrogens with zero attached hydrogens (tertiary/aromatic N) is 1. The number of ether oxygens (including phenoxy) is 2. The van der Waals surface area contributed by atoms with Gasteiger partial charge >= 0.3 is 0 Å². The fraction of sp³-hybridized carbons (Fsp3) is 0.938. The van der Waals surface area contributed by atoms with Gasteiger partial charge in [-0.3, -0.25) is 4.79 Å². The highest BCUT2D eigenvalue weighted by Gasteiger charge is 2.35. The van der Waals surface area contributed by atoms with Crippen molar-refractivity contribution in [2.75, 3.05) is 26.3 Å². The number of hydrogen-bond acceptors (Lipinski definition) is 4. The summed E-state index contributed by atoms with van der Waals surface area (Å²) in [5, 5.41) is 0. The van der Waals surface area contributed by atoms with E-state index in [2.05, 4.69) is 6.92 Å². The fourth-order valence-electron chi connectivity index (χ4n) is 3.30. The highest BCUT2D eigenvalue weighted by molar-refractivity contribution is 5.85. The average Bonchev–Trinajstić information content (AvgIpc) is 3.10. The van der Waals surface area contributed by atoms with Crippen LogP contribution in [0.1, 0.15) is 52.4 Å². The molecular formula is C16H30N2O3. The number of nitrogens with two attached hydrogens (primary N) is 1. The Morgan fingerprint density at radius 3 is 2.10 bits per heavy atom. The highest BCUT2D eigenvalue weighted by atomic mass is 16.5. The SMILES string of the molecule is CCCC(C)(N)C(=O)N(CC1CCCO1)CC1CCCO1. The van der Waals surface area contributed by atoms with Gasteiger partial charge in [-0.25, -0.2) is 0 Å². The van der Waals surface area contributed by atoms with E-state index in [-0.39, 0.29) is 18.1 Å². The van der Waals surface area contributed by atoms with Crippen LogP contribution >= 0.6 is 0 Å². The molecule has 122 valence electrons. The van der Waals surface area contributed by atoms with Gasteiger partial charge in [0.05, 0.1) is 17.7 Å². The van der Waals surface area contributed by atoms with Crippen LogP contribution in [0.2, 0.25) is 0 Å². The van der Waals surface area contributed by atoms with Crippen LogP contribution in [0.25, 0.3) is 0 Å². The monoisotopic (exact) mass is 298 g/mol. The van der Waals surface area contributed by atoms with Gasteiger partial charge in [0.2, 0.25) is 5.91 Å².